The molecule has 6 heteroatoms. The Morgan fingerprint density at radius 1 is 1.00 bits per heavy atom. The Balaban J connectivity index is 0.000000359. The summed E-state index contributed by atoms with van der Waals surface area (Å²) in [5.74, 6) is -2.71. The highest BCUT2D eigenvalue weighted by Gasteiger charge is 2.14. The molecule has 0 aliphatic heterocycles. The number of nitrogens with zero attached hydrogens (tertiary/aromatic N) is 2. The van der Waals surface area contributed by atoms with E-state index in [4.69, 9.17) is 0 Å². The predicted octanol–water partition coefficient (Wildman–Crippen LogP) is 0.208. The van der Waals surface area contributed by atoms with E-state index in [9.17, 15) is 19.8 Å². The number of hydrogen-bond acceptors (Lipinski definition) is 6. The SMILES string of the molecule is CN(C)CCC(c1ccccc1)c1ccccn1.O=C([O-])/C=C\C(=O)[O-]. The molecule has 0 N–H and O–H groups in total. The molecule has 1 aromatic carbocycles. The molecule has 2 rings (SSSR count). The predicted molar refractivity (Wildman–Crippen MR) is 94.8 cm³/mol. The zero-order valence-electron chi connectivity index (χ0n) is 14.9. The molecule has 1 unspecified atom stereocenters. The number of rotatable bonds is 7. The number of carboxylic acids is 2. The number of aromatic nitrogens is 1. The molecule has 0 radical (unpaired) electrons. The molecule has 0 saturated carbocycles. The van der Waals surface area contributed by atoms with Crippen LogP contribution in [0.4, 0.5) is 0 Å². The van der Waals surface area contributed by atoms with Crippen LogP contribution in [0.25, 0.3) is 0 Å². The summed E-state index contributed by atoms with van der Waals surface area (Å²) < 4.78 is 0. The van der Waals surface area contributed by atoms with Crippen LogP contribution in [0.2, 0.25) is 0 Å². The van der Waals surface area contributed by atoms with Gasteiger partial charge in [-0.3, -0.25) is 4.98 Å². The fourth-order valence-electron chi connectivity index (χ4n) is 2.28. The zero-order valence-corrected chi connectivity index (χ0v) is 14.9. The van der Waals surface area contributed by atoms with Gasteiger partial charge in [0.15, 0.2) is 0 Å². The highest BCUT2D eigenvalue weighted by atomic mass is 16.4. The smallest absolute Gasteiger partial charge is 0.0643 e. The molecule has 0 fully saturated rings. The number of carbonyl (C=O) groups is 2. The third kappa shape index (κ3) is 8.75. The van der Waals surface area contributed by atoms with Crippen molar-refractivity contribution in [2.75, 3.05) is 20.6 Å². The molecule has 6 nitrogen and oxygen atoms in total. The fraction of sp³-hybridized carbons (Fsp3) is 0.250. The molecular formula is C20H22N2O4-2. The lowest BCUT2D eigenvalue weighted by atomic mass is 9.92. The summed E-state index contributed by atoms with van der Waals surface area (Å²) in [5, 5.41) is 18.8. The second kappa shape index (κ2) is 11.5. The van der Waals surface area contributed by atoms with Gasteiger partial charge in [-0.25, -0.2) is 0 Å². The quantitative estimate of drug-likeness (QED) is 0.660. The Morgan fingerprint density at radius 3 is 2.04 bits per heavy atom. The Kier molecular flexibility index (Phi) is 9.35. The van der Waals surface area contributed by atoms with Crippen molar-refractivity contribution >= 4 is 11.9 Å². The van der Waals surface area contributed by atoms with Gasteiger partial charge in [-0.15, -0.1) is 0 Å². The Morgan fingerprint density at radius 2 is 1.58 bits per heavy atom. The first-order valence-electron chi connectivity index (χ1n) is 8.10. The van der Waals surface area contributed by atoms with E-state index in [1.54, 1.807) is 0 Å². The average Bonchev–Trinajstić information content (AvgIpc) is 2.62. The van der Waals surface area contributed by atoms with Crippen molar-refractivity contribution in [2.45, 2.75) is 12.3 Å². The van der Waals surface area contributed by atoms with E-state index < -0.39 is 11.9 Å². The maximum Gasteiger partial charge on any atom is 0.0643 e. The lowest BCUT2D eigenvalue weighted by Gasteiger charge is -2.19. The summed E-state index contributed by atoms with van der Waals surface area (Å²) in [6.07, 6.45) is 3.74. The molecule has 2 aromatic rings. The van der Waals surface area contributed by atoms with Crippen LogP contribution in [0.1, 0.15) is 23.6 Å². The largest absolute Gasteiger partial charge is 0.545 e. The Labute approximate surface area is 153 Å². The third-order valence-corrected chi connectivity index (χ3v) is 3.47. The van der Waals surface area contributed by atoms with Crippen molar-refractivity contribution in [3.8, 4) is 0 Å². The fourth-order valence-corrected chi connectivity index (χ4v) is 2.28. The standard InChI is InChI=1S/C16H20N2.C4H4O4/c1-18(2)13-11-15(14-8-4-3-5-9-14)16-10-6-7-12-17-16;5-3(6)1-2-4(7)8/h3-10,12,15H,11,13H2,1-2H3;1-2H,(H,5,6)(H,7,8)/p-2/b;2-1-. The third-order valence-electron chi connectivity index (χ3n) is 3.47. The van der Waals surface area contributed by atoms with Crippen LogP contribution >= 0.6 is 0 Å². The van der Waals surface area contributed by atoms with E-state index in [0.29, 0.717) is 18.1 Å². The van der Waals surface area contributed by atoms with Crippen molar-refractivity contribution in [1.29, 1.82) is 0 Å². The summed E-state index contributed by atoms with van der Waals surface area (Å²) >= 11 is 0. The topological polar surface area (TPSA) is 96.4 Å². The molecule has 1 heterocycles. The van der Waals surface area contributed by atoms with E-state index in [1.165, 1.54) is 5.56 Å². The molecule has 138 valence electrons. The number of carbonyl (C=O) groups excluding carboxylic acids is 2. The van der Waals surface area contributed by atoms with E-state index in [2.05, 4.69) is 66.4 Å². The lowest BCUT2D eigenvalue weighted by molar-refractivity contribution is -0.301. The van der Waals surface area contributed by atoms with Gasteiger partial charge in [-0.05, 0) is 56.9 Å². The minimum Gasteiger partial charge on any atom is -0.545 e. The molecule has 0 bridgehead atoms. The van der Waals surface area contributed by atoms with Crippen LogP contribution in [0, 0.1) is 0 Å². The van der Waals surface area contributed by atoms with Gasteiger partial charge in [0.05, 0.1) is 11.9 Å². The molecule has 0 amide bonds. The molecule has 0 aliphatic rings. The summed E-state index contributed by atoms with van der Waals surface area (Å²) in [4.78, 5) is 25.6. The summed E-state index contributed by atoms with van der Waals surface area (Å²) in [6.45, 7) is 1.07. The van der Waals surface area contributed by atoms with Crippen molar-refractivity contribution in [3.63, 3.8) is 0 Å². The van der Waals surface area contributed by atoms with Gasteiger partial charge in [-0.1, -0.05) is 36.4 Å². The second-order valence-corrected chi connectivity index (χ2v) is 5.78. The van der Waals surface area contributed by atoms with Gasteiger partial charge in [0, 0.05) is 17.8 Å². The summed E-state index contributed by atoms with van der Waals surface area (Å²) in [7, 11) is 4.22. The zero-order chi connectivity index (χ0) is 19.4. The number of aliphatic carboxylic acids is 2. The first-order valence-corrected chi connectivity index (χ1v) is 8.10. The van der Waals surface area contributed by atoms with Crippen LogP contribution in [0.15, 0.2) is 66.9 Å². The summed E-state index contributed by atoms with van der Waals surface area (Å²) in [5.41, 5.74) is 2.50. The molecule has 0 aliphatic carbocycles. The summed E-state index contributed by atoms with van der Waals surface area (Å²) in [6, 6.07) is 16.8. The van der Waals surface area contributed by atoms with Crippen LogP contribution < -0.4 is 10.2 Å². The molecule has 1 atom stereocenters. The molecular weight excluding hydrogens is 332 g/mol. The number of benzene rings is 1. The monoisotopic (exact) mass is 354 g/mol. The molecule has 26 heavy (non-hydrogen) atoms. The maximum absolute atomic E-state index is 9.41. The van der Waals surface area contributed by atoms with Crippen LogP contribution in [0.5, 0.6) is 0 Å². The highest BCUT2D eigenvalue weighted by molar-refractivity contribution is 5.87. The minimum atomic E-state index is -1.55. The van der Waals surface area contributed by atoms with Gasteiger partial charge in [-0.2, -0.15) is 0 Å². The molecule has 1 aromatic heterocycles. The first-order chi connectivity index (χ1) is 12.4. The van der Waals surface area contributed by atoms with E-state index in [0.717, 1.165) is 18.7 Å². The minimum absolute atomic E-state index is 0.384. The number of pyridine rings is 1. The highest BCUT2D eigenvalue weighted by Crippen LogP contribution is 2.26. The van der Waals surface area contributed by atoms with Crippen molar-refractivity contribution in [1.82, 2.24) is 9.88 Å². The average molecular weight is 354 g/mol. The number of hydrogen-bond donors (Lipinski definition) is 0. The normalized spacial score (nSPS) is 11.7. The van der Waals surface area contributed by atoms with Gasteiger partial charge in [0.1, 0.15) is 0 Å². The molecule has 0 saturated heterocycles. The second-order valence-electron chi connectivity index (χ2n) is 5.78. The van der Waals surface area contributed by atoms with Gasteiger partial charge < -0.3 is 24.7 Å². The van der Waals surface area contributed by atoms with E-state index in [-0.39, 0.29) is 0 Å². The van der Waals surface area contributed by atoms with E-state index in [1.807, 2.05) is 12.3 Å². The van der Waals surface area contributed by atoms with Crippen LogP contribution in [0.3, 0.4) is 0 Å². The maximum atomic E-state index is 9.41. The lowest BCUT2D eigenvalue weighted by Crippen LogP contribution is -2.23. The number of carboxylic acid groups (broad SMARTS) is 2. The Hall–Kier alpha value is -2.99. The Bertz CT molecular complexity index is 645. The van der Waals surface area contributed by atoms with Crippen LogP contribution in [-0.2, 0) is 9.59 Å². The first kappa shape index (κ1) is 21.1. The van der Waals surface area contributed by atoms with E-state index >= 15 is 0 Å². The van der Waals surface area contributed by atoms with Crippen molar-refractivity contribution < 1.29 is 19.8 Å². The molecule has 0 spiro atoms. The van der Waals surface area contributed by atoms with Gasteiger partial charge >= 0.3 is 0 Å². The van der Waals surface area contributed by atoms with Crippen molar-refractivity contribution in [3.05, 3.63) is 78.1 Å². The van der Waals surface area contributed by atoms with Gasteiger partial charge in [0.25, 0.3) is 0 Å². The van der Waals surface area contributed by atoms with Crippen molar-refractivity contribution in [2.24, 2.45) is 0 Å². The van der Waals surface area contributed by atoms with Crippen LogP contribution in [-0.4, -0.2) is 42.5 Å². The van der Waals surface area contributed by atoms with Gasteiger partial charge in [0.2, 0.25) is 0 Å².